The lowest BCUT2D eigenvalue weighted by molar-refractivity contribution is -0.136. The Bertz CT molecular complexity index is 371. The van der Waals surface area contributed by atoms with Crippen LogP contribution in [0.2, 0.25) is 0 Å². The highest BCUT2D eigenvalue weighted by molar-refractivity contribution is 7.99. The van der Waals surface area contributed by atoms with Gasteiger partial charge in [0.15, 0.2) is 0 Å². The van der Waals surface area contributed by atoms with E-state index in [1.54, 1.807) is 0 Å². The van der Waals surface area contributed by atoms with E-state index >= 15 is 0 Å². The van der Waals surface area contributed by atoms with Crippen LogP contribution in [0.15, 0.2) is 5.16 Å². The van der Waals surface area contributed by atoms with Gasteiger partial charge in [0.2, 0.25) is 5.16 Å². The van der Waals surface area contributed by atoms with Crippen molar-refractivity contribution >= 4 is 17.7 Å². The largest absolute Gasteiger partial charge is 0.481 e. The van der Waals surface area contributed by atoms with Crippen molar-refractivity contribution in [1.29, 1.82) is 0 Å². The first-order valence-corrected chi connectivity index (χ1v) is 6.23. The van der Waals surface area contributed by atoms with Gasteiger partial charge in [0, 0.05) is 5.75 Å². The normalized spacial score (nSPS) is 10.4. The summed E-state index contributed by atoms with van der Waals surface area (Å²) in [5, 5.41) is 17.1. The van der Waals surface area contributed by atoms with E-state index in [-0.39, 0.29) is 6.42 Å². The summed E-state index contributed by atoms with van der Waals surface area (Å²) < 4.78 is 0. The minimum Gasteiger partial charge on any atom is -0.481 e. The van der Waals surface area contributed by atoms with Crippen molar-refractivity contribution in [1.82, 2.24) is 15.2 Å². The van der Waals surface area contributed by atoms with Crippen LogP contribution < -0.4 is 0 Å². The van der Waals surface area contributed by atoms with Gasteiger partial charge in [-0.05, 0) is 12.8 Å². The molecular formula is C10H15N3O2S. The van der Waals surface area contributed by atoms with Gasteiger partial charge in [-0.25, -0.2) is 4.98 Å². The van der Waals surface area contributed by atoms with Gasteiger partial charge in [-0.15, -0.1) is 5.10 Å². The van der Waals surface area contributed by atoms with Crippen LogP contribution in [-0.4, -0.2) is 32.0 Å². The lowest BCUT2D eigenvalue weighted by Crippen LogP contribution is -2.04. The molecule has 0 bridgehead atoms. The maximum Gasteiger partial charge on any atom is 0.304 e. The van der Waals surface area contributed by atoms with Gasteiger partial charge in [-0.3, -0.25) is 4.79 Å². The Kier molecular flexibility index (Phi) is 5.18. The average molecular weight is 241 g/mol. The van der Waals surface area contributed by atoms with Gasteiger partial charge in [-0.1, -0.05) is 25.6 Å². The molecule has 0 amide bonds. The van der Waals surface area contributed by atoms with Crippen molar-refractivity contribution < 1.29 is 9.90 Å². The zero-order valence-corrected chi connectivity index (χ0v) is 10.3. The molecule has 1 rings (SSSR count). The molecule has 6 heteroatoms. The molecule has 0 atom stereocenters. The molecule has 0 radical (unpaired) electrons. The van der Waals surface area contributed by atoms with Crippen LogP contribution in [0.3, 0.4) is 0 Å². The van der Waals surface area contributed by atoms with Crippen molar-refractivity contribution in [2.45, 2.75) is 38.3 Å². The number of carbonyl (C=O) groups is 1. The number of aryl methyl sites for hydroxylation is 2. The Hall–Kier alpha value is -1.17. The molecule has 5 nitrogen and oxygen atoms in total. The van der Waals surface area contributed by atoms with Crippen molar-refractivity contribution in [3.05, 3.63) is 11.4 Å². The Morgan fingerprint density at radius 1 is 1.25 bits per heavy atom. The molecule has 0 fully saturated rings. The van der Waals surface area contributed by atoms with Gasteiger partial charge >= 0.3 is 5.97 Å². The van der Waals surface area contributed by atoms with Gasteiger partial charge in [-0.2, -0.15) is 5.10 Å². The van der Waals surface area contributed by atoms with Crippen LogP contribution in [0.4, 0.5) is 0 Å². The number of hydrogen-bond acceptors (Lipinski definition) is 5. The predicted octanol–water partition coefficient (Wildman–Crippen LogP) is 1.56. The Morgan fingerprint density at radius 3 is 2.50 bits per heavy atom. The van der Waals surface area contributed by atoms with Gasteiger partial charge in [0.25, 0.3) is 0 Å². The highest BCUT2D eigenvalue weighted by atomic mass is 32.2. The Morgan fingerprint density at radius 2 is 1.94 bits per heavy atom. The third-order valence-corrected chi connectivity index (χ3v) is 2.88. The molecule has 0 saturated heterocycles. The molecule has 1 aromatic rings. The fourth-order valence-corrected chi connectivity index (χ4v) is 1.94. The second-order valence-corrected chi connectivity index (χ2v) is 4.25. The molecular weight excluding hydrogens is 226 g/mol. The summed E-state index contributed by atoms with van der Waals surface area (Å²) in [4.78, 5) is 14.7. The monoisotopic (exact) mass is 241 g/mol. The summed E-state index contributed by atoms with van der Waals surface area (Å²) in [6.45, 7) is 4.04. The third-order valence-electron chi connectivity index (χ3n) is 2.04. The van der Waals surface area contributed by atoms with E-state index in [0.29, 0.717) is 10.9 Å². The molecule has 16 heavy (non-hydrogen) atoms. The van der Waals surface area contributed by atoms with Crippen LogP contribution >= 0.6 is 11.8 Å². The minimum absolute atomic E-state index is 0.116. The van der Waals surface area contributed by atoms with Crippen molar-refractivity contribution in [3.8, 4) is 0 Å². The quantitative estimate of drug-likeness (QED) is 0.762. The first-order valence-electron chi connectivity index (χ1n) is 5.24. The minimum atomic E-state index is -0.804. The average Bonchev–Trinajstić information content (AvgIpc) is 2.28. The highest BCUT2D eigenvalue weighted by Gasteiger charge is 2.07. The summed E-state index contributed by atoms with van der Waals surface area (Å²) in [5.74, 6) is -0.326. The topological polar surface area (TPSA) is 76.0 Å². The molecule has 0 spiro atoms. The van der Waals surface area contributed by atoms with E-state index in [1.165, 1.54) is 11.8 Å². The SMILES string of the molecule is CCc1nnc(SCCC(=O)O)nc1CC. The van der Waals surface area contributed by atoms with E-state index in [1.807, 2.05) is 13.8 Å². The molecule has 0 aromatic carbocycles. The van der Waals surface area contributed by atoms with E-state index in [0.717, 1.165) is 24.2 Å². The number of nitrogens with zero attached hydrogens (tertiary/aromatic N) is 3. The van der Waals surface area contributed by atoms with Crippen molar-refractivity contribution in [2.24, 2.45) is 0 Å². The number of carboxylic acids is 1. The van der Waals surface area contributed by atoms with Crippen molar-refractivity contribution in [3.63, 3.8) is 0 Å². The van der Waals surface area contributed by atoms with E-state index in [9.17, 15) is 4.79 Å². The number of aliphatic carboxylic acids is 1. The van der Waals surface area contributed by atoms with Crippen molar-refractivity contribution in [2.75, 3.05) is 5.75 Å². The second-order valence-electron chi connectivity index (χ2n) is 3.19. The van der Waals surface area contributed by atoms with Gasteiger partial charge in [0.05, 0.1) is 17.8 Å². The number of carboxylic acid groups (broad SMARTS) is 1. The molecule has 0 aliphatic rings. The van der Waals surface area contributed by atoms with Gasteiger partial charge < -0.3 is 5.11 Å². The Labute approximate surface area is 98.7 Å². The fraction of sp³-hybridized carbons (Fsp3) is 0.600. The lowest BCUT2D eigenvalue weighted by Gasteiger charge is -2.04. The maximum absolute atomic E-state index is 10.3. The number of rotatable bonds is 6. The summed E-state index contributed by atoms with van der Waals surface area (Å²) in [7, 11) is 0. The van der Waals surface area contributed by atoms with Crippen LogP contribution in [-0.2, 0) is 17.6 Å². The standard InChI is InChI=1S/C10H15N3O2S/c1-3-7-8(4-2)12-13-10(11-7)16-6-5-9(14)15/h3-6H2,1-2H3,(H,14,15). The molecule has 1 N–H and O–H groups in total. The smallest absolute Gasteiger partial charge is 0.304 e. The molecule has 0 unspecified atom stereocenters. The van der Waals surface area contributed by atoms with Crippen LogP contribution in [0.5, 0.6) is 0 Å². The highest BCUT2D eigenvalue weighted by Crippen LogP contribution is 2.14. The molecule has 88 valence electrons. The molecule has 0 saturated carbocycles. The fourth-order valence-electron chi connectivity index (χ4n) is 1.21. The second kappa shape index (κ2) is 6.42. The summed E-state index contributed by atoms with van der Waals surface area (Å²) >= 11 is 1.33. The number of thioether (sulfide) groups is 1. The van der Waals surface area contributed by atoms with E-state index in [4.69, 9.17) is 5.11 Å². The van der Waals surface area contributed by atoms with E-state index in [2.05, 4.69) is 15.2 Å². The summed E-state index contributed by atoms with van der Waals surface area (Å²) in [6, 6.07) is 0. The molecule has 0 aliphatic carbocycles. The molecule has 0 aliphatic heterocycles. The first kappa shape index (κ1) is 12.9. The zero-order valence-electron chi connectivity index (χ0n) is 9.43. The number of aromatic nitrogens is 3. The third kappa shape index (κ3) is 3.77. The Balaban J connectivity index is 2.64. The number of hydrogen-bond donors (Lipinski definition) is 1. The predicted molar refractivity (Wildman–Crippen MR) is 61.6 cm³/mol. The molecule has 1 aromatic heterocycles. The van der Waals surface area contributed by atoms with Crippen LogP contribution in [0, 0.1) is 0 Å². The van der Waals surface area contributed by atoms with E-state index < -0.39 is 5.97 Å². The molecule has 1 heterocycles. The van der Waals surface area contributed by atoms with Crippen LogP contribution in [0.25, 0.3) is 0 Å². The van der Waals surface area contributed by atoms with Crippen LogP contribution in [0.1, 0.15) is 31.7 Å². The van der Waals surface area contributed by atoms with Gasteiger partial charge in [0.1, 0.15) is 0 Å². The maximum atomic E-state index is 10.3. The lowest BCUT2D eigenvalue weighted by atomic mass is 10.2. The summed E-state index contributed by atoms with van der Waals surface area (Å²) in [6.07, 6.45) is 1.76. The zero-order chi connectivity index (χ0) is 12.0. The summed E-state index contributed by atoms with van der Waals surface area (Å²) in [5.41, 5.74) is 1.88. The first-order chi connectivity index (χ1) is 7.67.